The second-order valence-electron chi connectivity index (χ2n) is 5.37. The van der Waals surface area contributed by atoms with Crippen molar-refractivity contribution in [3.05, 3.63) is 0 Å². The number of nitrogens with one attached hydrogen (secondary N) is 1. The van der Waals surface area contributed by atoms with Gasteiger partial charge in [-0.1, -0.05) is 0 Å². The van der Waals surface area contributed by atoms with Crippen molar-refractivity contribution in [2.75, 3.05) is 19.8 Å². The average molecular weight is 298 g/mol. The Morgan fingerprint density at radius 3 is 2.30 bits per heavy atom. The molecule has 1 rings (SSSR count). The highest BCUT2D eigenvalue weighted by molar-refractivity contribution is 5.87. The minimum Gasteiger partial charge on any atom is -0.479 e. The molecule has 1 unspecified atom stereocenters. The Hall–Kier alpha value is -1.51. The lowest BCUT2D eigenvalue weighted by atomic mass is 10.0. The second-order valence-corrected chi connectivity index (χ2v) is 5.37. The Kier molecular flexibility index (Phi) is 4.23. The molecule has 2 amide bonds. The molecule has 1 aliphatic rings. The van der Waals surface area contributed by atoms with Gasteiger partial charge in [-0.2, -0.15) is 13.2 Å². The third-order valence-corrected chi connectivity index (χ3v) is 3.24. The fourth-order valence-corrected chi connectivity index (χ4v) is 1.76. The molecule has 0 radical (unpaired) electrons. The van der Waals surface area contributed by atoms with Crippen molar-refractivity contribution < 1.29 is 32.6 Å². The van der Waals surface area contributed by atoms with Crippen LogP contribution in [-0.2, 0) is 9.53 Å². The molecular weight excluding hydrogens is 281 g/mol. The van der Waals surface area contributed by atoms with Crippen LogP contribution in [0.1, 0.15) is 20.8 Å². The van der Waals surface area contributed by atoms with Gasteiger partial charge in [0.2, 0.25) is 5.54 Å². The normalized spacial score (nSPS) is 22.0. The number of hydrogen-bond donors (Lipinski definition) is 2. The summed E-state index contributed by atoms with van der Waals surface area (Å²) in [5.74, 6) is -2.16. The number of carbonyl (C=O) groups is 2. The van der Waals surface area contributed by atoms with E-state index in [1.807, 2.05) is 0 Å². The number of nitrogens with zero attached hydrogens (tertiary/aromatic N) is 1. The molecule has 0 aliphatic carbocycles. The number of hydrogen-bond acceptors (Lipinski definition) is 3. The molecule has 2 N–H and O–H groups in total. The number of carbonyl (C=O) groups excluding carboxylic acids is 1. The fraction of sp³-hybridized carbons (Fsp3) is 0.818. The van der Waals surface area contributed by atoms with Gasteiger partial charge in [-0.25, -0.2) is 9.59 Å². The molecule has 116 valence electrons. The van der Waals surface area contributed by atoms with Gasteiger partial charge in [0, 0.05) is 6.54 Å². The monoisotopic (exact) mass is 298 g/mol. The van der Waals surface area contributed by atoms with E-state index in [-0.39, 0.29) is 19.8 Å². The van der Waals surface area contributed by atoms with Gasteiger partial charge in [-0.3, -0.25) is 0 Å². The SMILES string of the molecule is CC1(C)COCCN1C(=O)NC(C)(C(=O)O)C(F)(F)F. The van der Waals surface area contributed by atoms with Crippen molar-refractivity contribution in [2.24, 2.45) is 0 Å². The summed E-state index contributed by atoms with van der Waals surface area (Å²) in [6, 6.07) is -1.08. The third-order valence-electron chi connectivity index (χ3n) is 3.24. The van der Waals surface area contributed by atoms with Gasteiger partial charge in [0.25, 0.3) is 0 Å². The predicted octanol–water partition coefficient (Wildman–Crippen LogP) is 1.21. The topological polar surface area (TPSA) is 78.9 Å². The molecule has 1 heterocycles. The molecule has 0 aromatic carbocycles. The van der Waals surface area contributed by atoms with Crippen molar-refractivity contribution in [3.8, 4) is 0 Å². The van der Waals surface area contributed by atoms with E-state index in [0.717, 1.165) is 4.90 Å². The summed E-state index contributed by atoms with van der Waals surface area (Å²) >= 11 is 0. The zero-order chi connectivity index (χ0) is 15.8. The standard InChI is InChI=1S/C11H17F3N2O4/c1-9(2)6-20-5-4-16(9)8(19)15-10(3,7(17)18)11(12,13)14/h4-6H2,1-3H3,(H,15,19)(H,17,18). The number of aliphatic carboxylic acids is 1. The highest BCUT2D eigenvalue weighted by Crippen LogP contribution is 2.31. The zero-order valence-corrected chi connectivity index (χ0v) is 11.4. The van der Waals surface area contributed by atoms with Gasteiger partial charge in [-0.05, 0) is 20.8 Å². The summed E-state index contributed by atoms with van der Waals surface area (Å²) in [7, 11) is 0. The number of morpholine rings is 1. The van der Waals surface area contributed by atoms with Gasteiger partial charge >= 0.3 is 18.2 Å². The van der Waals surface area contributed by atoms with E-state index in [9.17, 15) is 22.8 Å². The molecule has 1 aliphatic heterocycles. The molecule has 0 aromatic rings. The lowest BCUT2D eigenvalue weighted by molar-refractivity contribution is -0.204. The summed E-state index contributed by atoms with van der Waals surface area (Å²) in [6.07, 6.45) is -5.11. The molecule has 9 heteroatoms. The maximum Gasteiger partial charge on any atom is 0.422 e. The van der Waals surface area contributed by atoms with Gasteiger partial charge in [-0.15, -0.1) is 0 Å². The third kappa shape index (κ3) is 2.97. The molecule has 1 fully saturated rings. The smallest absolute Gasteiger partial charge is 0.422 e. The maximum absolute atomic E-state index is 12.8. The number of urea groups is 1. The van der Waals surface area contributed by atoms with Crippen LogP contribution in [0.4, 0.5) is 18.0 Å². The van der Waals surface area contributed by atoms with Crippen molar-refractivity contribution in [1.82, 2.24) is 10.2 Å². The molecule has 0 aromatic heterocycles. The quantitative estimate of drug-likeness (QED) is 0.803. The van der Waals surface area contributed by atoms with Crippen molar-refractivity contribution >= 4 is 12.0 Å². The predicted molar refractivity (Wildman–Crippen MR) is 62.2 cm³/mol. The molecule has 0 bridgehead atoms. The number of carboxylic acid groups (broad SMARTS) is 1. The lowest BCUT2D eigenvalue weighted by Crippen LogP contribution is -2.67. The van der Waals surface area contributed by atoms with Crippen LogP contribution in [0.2, 0.25) is 0 Å². The van der Waals surface area contributed by atoms with Crippen molar-refractivity contribution in [2.45, 2.75) is 38.0 Å². The Morgan fingerprint density at radius 1 is 1.35 bits per heavy atom. The zero-order valence-electron chi connectivity index (χ0n) is 11.4. The van der Waals surface area contributed by atoms with Gasteiger partial charge < -0.3 is 20.1 Å². The minimum atomic E-state index is -5.11. The fourth-order valence-electron chi connectivity index (χ4n) is 1.76. The van der Waals surface area contributed by atoms with E-state index in [2.05, 4.69) is 0 Å². The number of amides is 2. The van der Waals surface area contributed by atoms with E-state index >= 15 is 0 Å². The Morgan fingerprint density at radius 2 is 1.90 bits per heavy atom. The minimum absolute atomic E-state index is 0.0897. The van der Waals surface area contributed by atoms with Gasteiger partial charge in [0.05, 0.1) is 18.8 Å². The second kappa shape index (κ2) is 5.12. The summed E-state index contributed by atoms with van der Waals surface area (Å²) in [5.41, 5.74) is -4.15. The molecular formula is C11H17F3N2O4. The van der Waals surface area contributed by atoms with Crippen LogP contribution in [0.25, 0.3) is 0 Å². The Labute approximate surface area is 113 Å². The van der Waals surface area contributed by atoms with Crippen molar-refractivity contribution in [1.29, 1.82) is 0 Å². The summed E-state index contributed by atoms with van der Waals surface area (Å²) in [4.78, 5) is 24.0. The largest absolute Gasteiger partial charge is 0.479 e. The molecule has 20 heavy (non-hydrogen) atoms. The van der Waals surface area contributed by atoms with Gasteiger partial charge in [0.1, 0.15) is 0 Å². The molecule has 0 saturated carbocycles. The lowest BCUT2D eigenvalue weighted by Gasteiger charge is -2.43. The van der Waals surface area contributed by atoms with Crippen LogP contribution >= 0.6 is 0 Å². The maximum atomic E-state index is 12.8. The molecule has 6 nitrogen and oxygen atoms in total. The first-order chi connectivity index (χ1) is 8.92. The first-order valence-electron chi connectivity index (χ1n) is 5.89. The number of alkyl halides is 3. The number of ether oxygens (including phenoxy) is 1. The summed E-state index contributed by atoms with van der Waals surface area (Å²) < 4.78 is 43.7. The van der Waals surface area contributed by atoms with Crippen LogP contribution < -0.4 is 5.32 Å². The van der Waals surface area contributed by atoms with E-state index in [4.69, 9.17) is 9.84 Å². The number of carboxylic acids is 1. The first-order valence-corrected chi connectivity index (χ1v) is 5.89. The van der Waals surface area contributed by atoms with Gasteiger partial charge in [0.15, 0.2) is 0 Å². The molecule has 1 saturated heterocycles. The highest BCUT2D eigenvalue weighted by Gasteiger charge is 2.59. The highest BCUT2D eigenvalue weighted by atomic mass is 19.4. The molecule has 1 atom stereocenters. The Balaban J connectivity index is 2.95. The summed E-state index contributed by atoms with van der Waals surface area (Å²) in [5, 5.41) is 10.3. The Bertz CT molecular complexity index is 411. The van der Waals surface area contributed by atoms with Crippen LogP contribution in [-0.4, -0.2) is 59.0 Å². The number of halogens is 3. The van der Waals surface area contributed by atoms with Crippen molar-refractivity contribution in [3.63, 3.8) is 0 Å². The first kappa shape index (κ1) is 16.5. The average Bonchev–Trinajstić information content (AvgIpc) is 2.26. The van der Waals surface area contributed by atoms with Crippen LogP contribution in [0.3, 0.4) is 0 Å². The van der Waals surface area contributed by atoms with E-state index < -0.39 is 29.3 Å². The van der Waals surface area contributed by atoms with E-state index in [0.29, 0.717) is 6.92 Å². The van der Waals surface area contributed by atoms with Crippen LogP contribution in [0.5, 0.6) is 0 Å². The number of rotatable bonds is 2. The van der Waals surface area contributed by atoms with E-state index in [1.165, 1.54) is 0 Å². The van der Waals surface area contributed by atoms with E-state index in [1.54, 1.807) is 19.2 Å². The van der Waals surface area contributed by atoms with Crippen LogP contribution in [0, 0.1) is 0 Å². The molecule has 0 spiro atoms. The summed E-state index contributed by atoms with van der Waals surface area (Å²) in [6.45, 7) is 4.10. The van der Waals surface area contributed by atoms with Crippen LogP contribution in [0.15, 0.2) is 0 Å².